The van der Waals surface area contributed by atoms with Crippen LogP contribution in [0.4, 0.5) is 0 Å². The molecule has 1 fully saturated rings. The Hall–Kier alpha value is -1.83. The third-order valence-electron chi connectivity index (χ3n) is 3.91. The lowest BCUT2D eigenvalue weighted by molar-refractivity contribution is -0.124. The van der Waals surface area contributed by atoms with Crippen LogP contribution in [0.5, 0.6) is 5.75 Å². The molecule has 2 aromatic carbocycles. The van der Waals surface area contributed by atoms with Crippen molar-refractivity contribution < 1.29 is 9.53 Å². The summed E-state index contributed by atoms with van der Waals surface area (Å²) < 4.78 is 5.64. The summed E-state index contributed by atoms with van der Waals surface area (Å²) in [7, 11) is 0. The fourth-order valence-electron chi connectivity index (χ4n) is 2.78. The molecule has 0 saturated heterocycles. The fraction of sp³-hybridized carbons (Fsp3) is 0.353. The Morgan fingerprint density at radius 1 is 1.05 bits per heavy atom. The van der Waals surface area contributed by atoms with Gasteiger partial charge >= 0.3 is 0 Å². The Morgan fingerprint density at radius 2 is 1.79 bits per heavy atom. The van der Waals surface area contributed by atoms with Crippen LogP contribution < -0.4 is 4.74 Å². The number of rotatable bonds is 4. The van der Waals surface area contributed by atoms with Crippen LogP contribution in [-0.2, 0) is 4.79 Å². The number of carbonyl (C=O) groups excluding carboxylic acids is 1. The van der Waals surface area contributed by atoms with Crippen molar-refractivity contribution in [2.24, 2.45) is 5.92 Å². The number of carbonyl (C=O) groups is 1. The number of ketones is 1. The van der Waals surface area contributed by atoms with E-state index in [2.05, 4.69) is 12.1 Å². The maximum atomic E-state index is 12.0. The fourth-order valence-corrected chi connectivity index (χ4v) is 2.78. The first-order valence-corrected chi connectivity index (χ1v) is 6.97. The lowest BCUT2D eigenvalue weighted by Crippen LogP contribution is -2.19. The van der Waals surface area contributed by atoms with E-state index >= 15 is 0 Å². The molecule has 2 heteroatoms. The van der Waals surface area contributed by atoms with Gasteiger partial charge in [-0.25, -0.2) is 0 Å². The Balaban J connectivity index is 1.66. The van der Waals surface area contributed by atoms with Crippen LogP contribution in [0, 0.1) is 5.92 Å². The summed E-state index contributed by atoms with van der Waals surface area (Å²) in [6.45, 7) is 0.211. The van der Waals surface area contributed by atoms with Gasteiger partial charge in [0.2, 0.25) is 0 Å². The molecule has 2 nitrogen and oxygen atoms in total. The maximum Gasteiger partial charge on any atom is 0.173 e. The molecular weight excluding hydrogens is 236 g/mol. The molecule has 1 aliphatic carbocycles. The molecule has 0 spiro atoms. The van der Waals surface area contributed by atoms with E-state index in [1.807, 2.05) is 30.3 Å². The molecule has 0 aliphatic heterocycles. The molecule has 0 atom stereocenters. The molecule has 0 unspecified atom stereocenters. The monoisotopic (exact) mass is 254 g/mol. The Morgan fingerprint density at radius 3 is 2.58 bits per heavy atom. The SMILES string of the molecule is O=C(COc1ccc2ccccc2c1)C1CCCC1. The van der Waals surface area contributed by atoms with E-state index in [0.29, 0.717) is 0 Å². The molecule has 0 aromatic heterocycles. The molecule has 1 saturated carbocycles. The van der Waals surface area contributed by atoms with Crippen LogP contribution in [0.25, 0.3) is 10.8 Å². The van der Waals surface area contributed by atoms with Crippen LogP contribution in [-0.4, -0.2) is 12.4 Å². The summed E-state index contributed by atoms with van der Waals surface area (Å²) in [5, 5.41) is 2.34. The molecule has 3 rings (SSSR count). The average Bonchev–Trinajstić information content (AvgIpc) is 2.99. The average molecular weight is 254 g/mol. The van der Waals surface area contributed by atoms with E-state index in [1.165, 1.54) is 18.2 Å². The van der Waals surface area contributed by atoms with Crippen molar-refractivity contribution in [3.63, 3.8) is 0 Å². The van der Waals surface area contributed by atoms with Crippen LogP contribution >= 0.6 is 0 Å². The minimum Gasteiger partial charge on any atom is -0.486 e. The molecule has 1 aliphatic rings. The highest BCUT2D eigenvalue weighted by atomic mass is 16.5. The summed E-state index contributed by atoms with van der Waals surface area (Å²) in [6, 6.07) is 14.1. The topological polar surface area (TPSA) is 26.3 Å². The minimum atomic E-state index is 0.211. The zero-order valence-electron chi connectivity index (χ0n) is 11.0. The summed E-state index contributed by atoms with van der Waals surface area (Å²) in [5.74, 6) is 1.27. The quantitative estimate of drug-likeness (QED) is 0.825. The first kappa shape index (κ1) is 12.2. The zero-order chi connectivity index (χ0) is 13.1. The van der Waals surface area contributed by atoms with Gasteiger partial charge in [0.05, 0.1) is 0 Å². The van der Waals surface area contributed by atoms with Gasteiger partial charge in [-0.05, 0) is 35.7 Å². The summed E-state index contributed by atoms with van der Waals surface area (Å²) in [4.78, 5) is 12.0. The number of Topliss-reactive ketones (excluding diaryl/α,β-unsaturated/α-hetero) is 1. The minimum absolute atomic E-state index is 0.211. The molecule has 98 valence electrons. The summed E-state index contributed by atoms with van der Waals surface area (Å²) in [6.07, 6.45) is 4.46. The summed E-state index contributed by atoms with van der Waals surface area (Å²) in [5.41, 5.74) is 0. The third kappa shape index (κ3) is 2.78. The Kier molecular flexibility index (Phi) is 3.49. The number of benzene rings is 2. The molecule has 0 heterocycles. The lowest BCUT2D eigenvalue weighted by atomic mass is 10.0. The van der Waals surface area contributed by atoms with Gasteiger partial charge in [-0.15, -0.1) is 0 Å². The first-order chi connectivity index (χ1) is 9.33. The van der Waals surface area contributed by atoms with Crippen molar-refractivity contribution in [2.75, 3.05) is 6.61 Å². The second kappa shape index (κ2) is 5.43. The second-order valence-corrected chi connectivity index (χ2v) is 5.25. The zero-order valence-corrected chi connectivity index (χ0v) is 11.0. The number of hydrogen-bond acceptors (Lipinski definition) is 2. The van der Waals surface area contributed by atoms with E-state index < -0.39 is 0 Å². The normalized spacial score (nSPS) is 15.8. The predicted octanol–water partition coefficient (Wildman–Crippen LogP) is 3.98. The predicted molar refractivity (Wildman–Crippen MR) is 76.4 cm³/mol. The van der Waals surface area contributed by atoms with Crippen LogP contribution in [0.2, 0.25) is 0 Å². The van der Waals surface area contributed by atoms with Crippen molar-refractivity contribution in [3.05, 3.63) is 42.5 Å². The maximum absolute atomic E-state index is 12.0. The van der Waals surface area contributed by atoms with E-state index in [1.54, 1.807) is 0 Å². The Bertz CT molecular complexity index is 583. The van der Waals surface area contributed by atoms with Gasteiger partial charge in [-0.2, -0.15) is 0 Å². The van der Waals surface area contributed by atoms with Gasteiger partial charge in [0.25, 0.3) is 0 Å². The van der Waals surface area contributed by atoms with Gasteiger partial charge < -0.3 is 4.74 Å². The van der Waals surface area contributed by atoms with E-state index in [4.69, 9.17) is 4.74 Å². The highest BCUT2D eigenvalue weighted by molar-refractivity contribution is 5.84. The molecule has 2 aromatic rings. The number of ether oxygens (including phenoxy) is 1. The highest BCUT2D eigenvalue weighted by Gasteiger charge is 2.22. The van der Waals surface area contributed by atoms with Crippen LogP contribution in [0.1, 0.15) is 25.7 Å². The van der Waals surface area contributed by atoms with Crippen molar-refractivity contribution in [1.82, 2.24) is 0 Å². The van der Waals surface area contributed by atoms with Crippen LogP contribution in [0.3, 0.4) is 0 Å². The van der Waals surface area contributed by atoms with Gasteiger partial charge in [0.15, 0.2) is 5.78 Å². The Labute approximate surface area is 113 Å². The molecule has 0 N–H and O–H groups in total. The molecule has 0 radical (unpaired) electrons. The van der Waals surface area contributed by atoms with Crippen molar-refractivity contribution in [3.8, 4) is 5.75 Å². The second-order valence-electron chi connectivity index (χ2n) is 5.25. The lowest BCUT2D eigenvalue weighted by Gasteiger charge is -2.10. The summed E-state index contributed by atoms with van der Waals surface area (Å²) >= 11 is 0. The standard InChI is InChI=1S/C17H18O2/c18-17(14-6-2-3-7-14)12-19-16-10-9-13-5-1-4-8-15(13)11-16/h1,4-5,8-11,14H,2-3,6-7,12H2. The largest absolute Gasteiger partial charge is 0.486 e. The number of fused-ring (bicyclic) bond motifs is 1. The first-order valence-electron chi connectivity index (χ1n) is 6.97. The molecule has 0 amide bonds. The van der Waals surface area contributed by atoms with Crippen molar-refractivity contribution in [2.45, 2.75) is 25.7 Å². The van der Waals surface area contributed by atoms with E-state index in [9.17, 15) is 4.79 Å². The van der Waals surface area contributed by atoms with Crippen LogP contribution in [0.15, 0.2) is 42.5 Å². The third-order valence-corrected chi connectivity index (χ3v) is 3.91. The van der Waals surface area contributed by atoms with Crippen molar-refractivity contribution in [1.29, 1.82) is 0 Å². The molecule has 19 heavy (non-hydrogen) atoms. The molecular formula is C17H18O2. The van der Waals surface area contributed by atoms with E-state index in [0.717, 1.165) is 24.0 Å². The van der Waals surface area contributed by atoms with Crippen molar-refractivity contribution >= 4 is 16.6 Å². The van der Waals surface area contributed by atoms with Gasteiger partial charge in [0, 0.05) is 5.92 Å². The van der Waals surface area contributed by atoms with Gasteiger partial charge in [0.1, 0.15) is 12.4 Å². The van der Waals surface area contributed by atoms with Gasteiger partial charge in [-0.3, -0.25) is 4.79 Å². The number of hydrogen-bond donors (Lipinski definition) is 0. The smallest absolute Gasteiger partial charge is 0.173 e. The van der Waals surface area contributed by atoms with E-state index in [-0.39, 0.29) is 18.3 Å². The van der Waals surface area contributed by atoms with Gasteiger partial charge in [-0.1, -0.05) is 43.2 Å². The molecule has 0 bridgehead atoms. The highest BCUT2D eigenvalue weighted by Crippen LogP contribution is 2.26.